The summed E-state index contributed by atoms with van der Waals surface area (Å²) in [5.74, 6) is -0.726. The number of benzene rings is 1. The Labute approximate surface area is 104 Å². The third-order valence-corrected chi connectivity index (χ3v) is 2.89. The number of nitrogens with zero attached hydrogens (tertiary/aromatic N) is 1. The molecular formula is C10H7BrClNO3. The molecule has 0 spiro atoms. The molecule has 6 heteroatoms. The van der Waals surface area contributed by atoms with Gasteiger partial charge in [0.15, 0.2) is 15.7 Å². The molecule has 0 N–H and O–H groups in total. The Morgan fingerprint density at radius 2 is 2.25 bits per heavy atom. The van der Waals surface area contributed by atoms with Gasteiger partial charge in [0, 0.05) is 12.6 Å². The third-order valence-electron chi connectivity index (χ3n) is 2.28. The van der Waals surface area contributed by atoms with Crippen LogP contribution in [0.15, 0.2) is 27.4 Å². The van der Waals surface area contributed by atoms with E-state index in [9.17, 15) is 9.59 Å². The number of Topliss-reactive ketones (excluding diaryl/α,β-unsaturated/α-hetero) is 1. The van der Waals surface area contributed by atoms with Crippen molar-refractivity contribution in [1.29, 1.82) is 0 Å². The van der Waals surface area contributed by atoms with Gasteiger partial charge >= 0.3 is 5.76 Å². The lowest BCUT2D eigenvalue weighted by Gasteiger charge is -2.00. The van der Waals surface area contributed by atoms with E-state index in [1.54, 1.807) is 19.2 Å². The van der Waals surface area contributed by atoms with Gasteiger partial charge in [0.25, 0.3) is 0 Å². The molecule has 1 aromatic carbocycles. The number of aryl methyl sites for hydroxylation is 1. The molecule has 4 nitrogen and oxygen atoms in total. The zero-order chi connectivity index (χ0) is 11.9. The number of carbonyl (C=O) groups is 1. The summed E-state index contributed by atoms with van der Waals surface area (Å²) < 4.78 is 5.56. The quantitative estimate of drug-likeness (QED) is 0.632. The van der Waals surface area contributed by atoms with Gasteiger partial charge in [0.1, 0.15) is 0 Å². The van der Waals surface area contributed by atoms with Crippen LogP contribution in [0, 0.1) is 0 Å². The first-order valence-electron chi connectivity index (χ1n) is 4.42. The Morgan fingerprint density at radius 1 is 1.56 bits per heavy atom. The topological polar surface area (TPSA) is 52.2 Å². The van der Waals surface area contributed by atoms with E-state index in [0.717, 1.165) is 0 Å². The Kier molecular flexibility index (Phi) is 2.90. The minimum atomic E-state index is -0.777. The molecule has 0 aliphatic carbocycles. The molecule has 16 heavy (non-hydrogen) atoms. The second-order valence-electron chi connectivity index (χ2n) is 3.27. The van der Waals surface area contributed by atoms with E-state index in [0.29, 0.717) is 16.7 Å². The van der Waals surface area contributed by atoms with Gasteiger partial charge in [0.2, 0.25) is 0 Å². The fourth-order valence-electron chi connectivity index (χ4n) is 1.41. The highest BCUT2D eigenvalue weighted by atomic mass is 79.9. The molecule has 1 heterocycles. The highest BCUT2D eigenvalue weighted by molar-refractivity contribution is 9.10. The highest BCUT2D eigenvalue weighted by Crippen LogP contribution is 2.18. The summed E-state index contributed by atoms with van der Waals surface area (Å²) in [6.45, 7) is 0. The van der Waals surface area contributed by atoms with Gasteiger partial charge in [-0.3, -0.25) is 9.36 Å². The van der Waals surface area contributed by atoms with E-state index >= 15 is 0 Å². The third kappa shape index (κ3) is 1.81. The smallest absolute Gasteiger partial charge is 0.408 e. The van der Waals surface area contributed by atoms with Crippen LogP contribution in [0.5, 0.6) is 0 Å². The summed E-state index contributed by atoms with van der Waals surface area (Å²) in [7, 11) is 1.60. The number of carbonyl (C=O) groups excluding carboxylic acids is 1. The van der Waals surface area contributed by atoms with Crippen LogP contribution in [0.2, 0.25) is 0 Å². The van der Waals surface area contributed by atoms with Crippen LogP contribution < -0.4 is 5.76 Å². The number of fused-ring (bicyclic) bond motifs is 1. The van der Waals surface area contributed by atoms with Gasteiger partial charge in [-0.15, -0.1) is 11.6 Å². The Morgan fingerprint density at radius 3 is 2.88 bits per heavy atom. The first-order chi connectivity index (χ1) is 7.50. The molecule has 1 atom stereocenters. The van der Waals surface area contributed by atoms with Crippen LogP contribution in [-0.2, 0) is 7.05 Å². The van der Waals surface area contributed by atoms with E-state index in [-0.39, 0.29) is 5.78 Å². The first-order valence-corrected chi connectivity index (χ1v) is 5.78. The number of ketones is 1. The number of oxazole rings is 1. The maximum Gasteiger partial charge on any atom is 0.419 e. The fraction of sp³-hybridized carbons (Fsp3) is 0.200. The van der Waals surface area contributed by atoms with E-state index in [1.165, 1.54) is 10.6 Å². The van der Waals surface area contributed by atoms with Gasteiger partial charge in [-0.1, -0.05) is 15.9 Å². The van der Waals surface area contributed by atoms with Gasteiger partial charge in [-0.2, -0.15) is 0 Å². The normalized spacial score (nSPS) is 12.9. The van der Waals surface area contributed by atoms with Gasteiger partial charge in [0.05, 0.1) is 5.52 Å². The summed E-state index contributed by atoms with van der Waals surface area (Å²) >= 11 is 8.60. The Hall–Kier alpha value is -1.07. The Balaban J connectivity index is 2.61. The zero-order valence-electron chi connectivity index (χ0n) is 8.24. The molecule has 0 bridgehead atoms. The second-order valence-corrected chi connectivity index (χ2v) is 5.15. The number of rotatable bonds is 2. The van der Waals surface area contributed by atoms with Gasteiger partial charge in [-0.05, 0) is 18.2 Å². The van der Waals surface area contributed by atoms with Crippen LogP contribution in [0.1, 0.15) is 10.4 Å². The van der Waals surface area contributed by atoms with Crippen molar-refractivity contribution in [2.24, 2.45) is 7.05 Å². The summed E-state index contributed by atoms with van der Waals surface area (Å²) in [4.78, 5) is 22.8. The second kappa shape index (κ2) is 4.07. The van der Waals surface area contributed by atoms with Crippen molar-refractivity contribution in [2.75, 3.05) is 0 Å². The molecule has 2 aromatic rings. The average Bonchev–Trinajstić information content (AvgIpc) is 2.53. The maximum absolute atomic E-state index is 11.6. The molecule has 0 saturated heterocycles. The minimum absolute atomic E-state index is 0.268. The largest absolute Gasteiger partial charge is 0.419 e. The summed E-state index contributed by atoms with van der Waals surface area (Å²) in [6, 6.07) is 4.77. The van der Waals surface area contributed by atoms with Crippen LogP contribution in [0.25, 0.3) is 11.1 Å². The number of hydrogen-bond donors (Lipinski definition) is 0. The monoisotopic (exact) mass is 303 g/mol. The summed E-state index contributed by atoms with van der Waals surface area (Å²) in [5.41, 5.74) is 1.42. The molecule has 1 unspecified atom stereocenters. The van der Waals surface area contributed by atoms with E-state index < -0.39 is 10.0 Å². The van der Waals surface area contributed by atoms with Gasteiger partial charge < -0.3 is 4.42 Å². The molecule has 0 radical (unpaired) electrons. The zero-order valence-corrected chi connectivity index (χ0v) is 10.6. The maximum atomic E-state index is 11.6. The van der Waals surface area contributed by atoms with Crippen LogP contribution in [-0.4, -0.2) is 14.6 Å². The number of hydrogen-bond acceptors (Lipinski definition) is 3. The number of alkyl halides is 2. The van der Waals surface area contributed by atoms with Crippen molar-refractivity contribution in [2.45, 2.75) is 4.29 Å². The molecule has 0 fully saturated rings. The van der Waals surface area contributed by atoms with E-state index in [4.69, 9.17) is 16.0 Å². The lowest BCUT2D eigenvalue weighted by molar-refractivity contribution is 0.101. The molecular weight excluding hydrogens is 297 g/mol. The fourth-order valence-corrected chi connectivity index (χ4v) is 1.80. The van der Waals surface area contributed by atoms with Crippen molar-refractivity contribution in [3.05, 3.63) is 34.3 Å². The molecule has 0 amide bonds. The van der Waals surface area contributed by atoms with Crippen molar-refractivity contribution in [1.82, 2.24) is 4.57 Å². The number of aromatic nitrogens is 1. The molecule has 0 aliphatic heterocycles. The lowest BCUT2D eigenvalue weighted by atomic mass is 10.1. The molecule has 1 aromatic heterocycles. The minimum Gasteiger partial charge on any atom is -0.408 e. The first kappa shape index (κ1) is 11.4. The molecule has 0 saturated carbocycles. The van der Waals surface area contributed by atoms with Crippen LogP contribution in [0.3, 0.4) is 0 Å². The van der Waals surface area contributed by atoms with E-state index in [1.807, 2.05) is 0 Å². The van der Waals surface area contributed by atoms with Crippen LogP contribution in [0.4, 0.5) is 0 Å². The standard InChI is InChI=1S/C10H7BrClNO3/c1-13-6-3-2-5(8(14)9(11)12)4-7(6)16-10(13)15/h2-4,9H,1H3. The SMILES string of the molecule is Cn1c(=O)oc2cc(C(=O)C(Cl)Br)ccc21. The van der Waals surface area contributed by atoms with Crippen molar-refractivity contribution in [3.8, 4) is 0 Å². The van der Waals surface area contributed by atoms with Crippen molar-refractivity contribution in [3.63, 3.8) is 0 Å². The molecule has 0 aliphatic rings. The predicted octanol–water partition coefficient (Wildman–Crippen LogP) is 2.27. The summed E-state index contributed by atoms with van der Waals surface area (Å²) in [6.07, 6.45) is 0. The van der Waals surface area contributed by atoms with Crippen LogP contribution >= 0.6 is 27.5 Å². The molecule has 84 valence electrons. The van der Waals surface area contributed by atoms with E-state index in [2.05, 4.69) is 15.9 Å². The summed E-state index contributed by atoms with van der Waals surface area (Å²) in [5, 5.41) is 0. The van der Waals surface area contributed by atoms with Crippen molar-refractivity contribution >= 4 is 44.4 Å². The number of halogens is 2. The van der Waals surface area contributed by atoms with Crippen molar-refractivity contribution < 1.29 is 9.21 Å². The highest BCUT2D eigenvalue weighted by Gasteiger charge is 2.15. The van der Waals surface area contributed by atoms with Gasteiger partial charge in [-0.25, -0.2) is 4.79 Å². The lowest BCUT2D eigenvalue weighted by Crippen LogP contribution is -2.08. The Bertz CT molecular complexity index is 614. The average molecular weight is 305 g/mol. The predicted molar refractivity (Wildman–Crippen MR) is 64.4 cm³/mol. The molecule has 2 rings (SSSR count).